The SMILES string of the molecule is NC(=O)CC(=O)NCCCNC(=O)CC(N)=O. The smallest absolute Gasteiger partial charge is 0.229 e. The molecular formula is C9H16N4O4. The minimum Gasteiger partial charge on any atom is -0.369 e. The Morgan fingerprint density at radius 3 is 1.41 bits per heavy atom. The van der Waals surface area contributed by atoms with E-state index in [-0.39, 0.29) is 12.8 Å². The molecule has 6 N–H and O–H groups in total. The van der Waals surface area contributed by atoms with Gasteiger partial charge in [-0.1, -0.05) is 0 Å². The number of carbonyl (C=O) groups excluding carboxylic acids is 4. The minimum atomic E-state index is -0.697. The van der Waals surface area contributed by atoms with Gasteiger partial charge in [-0.25, -0.2) is 0 Å². The maximum atomic E-state index is 10.9. The molecule has 0 atom stereocenters. The summed E-state index contributed by atoms with van der Waals surface area (Å²) in [6.45, 7) is 0.617. The van der Waals surface area contributed by atoms with E-state index in [9.17, 15) is 19.2 Å². The van der Waals surface area contributed by atoms with E-state index in [1.54, 1.807) is 0 Å². The van der Waals surface area contributed by atoms with Gasteiger partial charge < -0.3 is 22.1 Å². The molecule has 0 aromatic carbocycles. The Balaban J connectivity index is 3.46. The molecule has 4 amide bonds. The van der Waals surface area contributed by atoms with Crippen molar-refractivity contribution in [1.82, 2.24) is 10.6 Å². The zero-order valence-electron chi connectivity index (χ0n) is 9.32. The van der Waals surface area contributed by atoms with Crippen molar-refractivity contribution in [2.75, 3.05) is 13.1 Å². The molecule has 0 unspecified atom stereocenters. The average molecular weight is 244 g/mol. The van der Waals surface area contributed by atoms with Crippen molar-refractivity contribution in [3.63, 3.8) is 0 Å². The van der Waals surface area contributed by atoms with Crippen LogP contribution in [0.5, 0.6) is 0 Å². The average Bonchev–Trinajstić information content (AvgIpc) is 2.14. The highest BCUT2D eigenvalue weighted by Gasteiger charge is 2.06. The highest BCUT2D eigenvalue weighted by molar-refractivity contribution is 5.96. The molecule has 96 valence electrons. The van der Waals surface area contributed by atoms with Crippen LogP contribution in [0.25, 0.3) is 0 Å². The Hall–Kier alpha value is -2.12. The number of primary amides is 2. The molecule has 0 spiro atoms. The third-order valence-corrected chi connectivity index (χ3v) is 1.67. The predicted molar refractivity (Wildman–Crippen MR) is 58.3 cm³/mol. The van der Waals surface area contributed by atoms with Gasteiger partial charge in [0.05, 0.1) is 0 Å². The molecule has 0 radical (unpaired) electrons. The summed E-state index contributed by atoms with van der Waals surface area (Å²) in [6, 6.07) is 0. The second-order valence-corrected chi connectivity index (χ2v) is 3.34. The lowest BCUT2D eigenvalue weighted by Gasteiger charge is -2.05. The Labute approximate surface area is 98.1 Å². The number of nitrogens with one attached hydrogen (secondary N) is 2. The van der Waals surface area contributed by atoms with Crippen LogP contribution in [0.4, 0.5) is 0 Å². The second kappa shape index (κ2) is 8.08. The van der Waals surface area contributed by atoms with Crippen LogP contribution in [0, 0.1) is 0 Å². The first kappa shape index (κ1) is 14.9. The number of carbonyl (C=O) groups is 4. The quantitative estimate of drug-likeness (QED) is 0.273. The van der Waals surface area contributed by atoms with Gasteiger partial charge in [0.25, 0.3) is 0 Å². The molecule has 0 saturated heterocycles. The third-order valence-electron chi connectivity index (χ3n) is 1.67. The molecule has 8 heteroatoms. The molecule has 0 fully saturated rings. The van der Waals surface area contributed by atoms with E-state index in [0.717, 1.165) is 0 Å². The van der Waals surface area contributed by atoms with Crippen LogP contribution >= 0.6 is 0 Å². The van der Waals surface area contributed by atoms with Gasteiger partial charge in [0.2, 0.25) is 23.6 Å². The van der Waals surface area contributed by atoms with E-state index >= 15 is 0 Å². The van der Waals surface area contributed by atoms with Gasteiger partial charge in [-0.05, 0) is 6.42 Å². The molecule has 0 saturated carbocycles. The topological polar surface area (TPSA) is 144 Å². The van der Waals surface area contributed by atoms with E-state index in [0.29, 0.717) is 19.5 Å². The fraction of sp³-hybridized carbons (Fsp3) is 0.556. The molecule has 0 aromatic heterocycles. The molecule has 0 aliphatic carbocycles. The Morgan fingerprint density at radius 1 is 0.765 bits per heavy atom. The number of nitrogens with two attached hydrogens (primary N) is 2. The molecule has 0 aliphatic heterocycles. The molecule has 0 aliphatic rings. The first-order valence-electron chi connectivity index (χ1n) is 5.02. The lowest BCUT2D eigenvalue weighted by molar-refractivity contribution is -0.129. The first-order valence-corrected chi connectivity index (χ1v) is 5.02. The van der Waals surface area contributed by atoms with E-state index in [4.69, 9.17) is 11.5 Å². The zero-order chi connectivity index (χ0) is 13.3. The van der Waals surface area contributed by atoms with Crippen LogP contribution in [0.3, 0.4) is 0 Å². The molecule has 0 aromatic rings. The molecular weight excluding hydrogens is 228 g/mol. The summed E-state index contributed by atoms with van der Waals surface area (Å²) >= 11 is 0. The summed E-state index contributed by atoms with van der Waals surface area (Å²) in [7, 11) is 0. The predicted octanol–water partition coefficient (Wildman–Crippen LogP) is -2.64. The van der Waals surface area contributed by atoms with Crippen molar-refractivity contribution in [3.05, 3.63) is 0 Å². The second-order valence-electron chi connectivity index (χ2n) is 3.34. The summed E-state index contributed by atoms with van der Waals surface area (Å²) in [5, 5.41) is 4.89. The minimum absolute atomic E-state index is 0.308. The highest BCUT2D eigenvalue weighted by atomic mass is 16.2. The van der Waals surface area contributed by atoms with Gasteiger partial charge in [-0.15, -0.1) is 0 Å². The van der Waals surface area contributed by atoms with E-state index < -0.39 is 23.6 Å². The summed E-state index contributed by atoms with van der Waals surface area (Å²) in [5.41, 5.74) is 9.62. The van der Waals surface area contributed by atoms with Gasteiger partial charge in [-0.2, -0.15) is 0 Å². The largest absolute Gasteiger partial charge is 0.369 e. The van der Waals surface area contributed by atoms with Crippen molar-refractivity contribution in [1.29, 1.82) is 0 Å². The zero-order valence-corrected chi connectivity index (χ0v) is 9.32. The van der Waals surface area contributed by atoms with Gasteiger partial charge in [-0.3, -0.25) is 19.2 Å². The van der Waals surface area contributed by atoms with Crippen LogP contribution in [0.1, 0.15) is 19.3 Å². The standard InChI is InChI=1S/C9H16N4O4/c10-6(14)4-8(16)12-2-1-3-13-9(17)5-7(11)15/h1-5H2,(H2,10,14)(H2,11,15)(H,12,16)(H,13,17). The van der Waals surface area contributed by atoms with Crippen LogP contribution in [-0.4, -0.2) is 36.7 Å². The van der Waals surface area contributed by atoms with Gasteiger partial charge in [0, 0.05) is 13.1 Å². The number of rotatable bonds is 8. The van der Waals surface area contributed by atoms with Gasteiger partial charge in [0.15, 0.2) is 0 Å². The molecule has 17 heavy (non-hydrogen) atoms. The van der Waals surface area contributed by atoms with Crippen molar-refractivity contribution < 1.29 is 19.2 Å². The number of amides is 4. The fourth-order valence-electron chi connectivity index (χ4n) is 0.985. The normalized spacial score (nSPS) is 9.41. The van der Waals surface area contributed by atoms with Crippen LogP contribution in [0.15, 0.2) is 0 Å². The van der Waals surface area contributed by atoms with Crippen molar-refractivity contribution in [3.8, 4) is 0 Å². The summed E-state index contributed by atoms with van der Waals surface area (Å²) in [5.74, 6) is -2.31. The lowest BCUT2D eigenvalue weighted by atomic mass is 10.3. The van der Waals surface area contributed by atoms with Crippen molar-refractivity contribution in [2.45, 2.75) is 19.3 Å². The number of hydrogen-bond acceptors (Lipinski definition) is 4. The van der Waals surface area contributed by atoms with Crippen molar-refractivity contribution >= 4 is 23.6 Å². The highest BCUT2D eigenvalue weighted by Crippen LogP contribution is 1.81. The summed E-state index contributed by atoms with van der Waals surface area (Å²) < 4.78 is 0. The number of hydrogen-bond donors (Lipinski definition) is 4. The summed E-state index contributed by atoms with van der Waals surface area (Å²) in [6.07, 6.45) is -0.225. The fourth-order valence-corrected chi connectivity index (χ4v) is 0.985. The van der Waals surface area contributed by atoms with E-state index in [1.165, 1.54) is 0 Å². The first-order chi connectivity index (χ1) is 7.91. The maximum absolute atomic E-state index is 10.9. The van der Waals surface area contributed by atoms with E-state index in [2.05, 4.69) is 10.6 Å². The summed E-state index contributed by atoms with van der Waals surface area (Å²) in [4.78, 5) is 42.6. The lowest BCUT2D eigenvalue weighted by Crippen LogP contribution is -2.33. The van der Waals surface area contributed by atoms with Gasteiger partial charge >= 0.3 is 0 Å². The molecule has 0 rings (SSSR count). The Kier molecular flexibility index (Phi) is 7.07. The Morgan fingerprint density at radius 2 is 1.12 bits per heavy atom. The monoisotopic (exact) mass is 244 g/mol. The third kappa shape index (κ3) is 10.2. The van der Waals surface area contributed by atoms with Crippen LogP contribution < -0.4 is 22.1 Å². The van der Waals surface area contributed by atoms with Crippen LogP contribution in [-0.2, 0) is 19.2 Å². The molecule has 8 nitrogen and oxygen atoms in total. The molecule has 0 bridgehead atoms. The van der Waals surface area contributed by atoms with E-state index in [1.807, 2.05) is 0 Å². The van der Waals surface area contributed by atoms with Crippen molar-refractivity contribution in [2.24, 2.45) is 11.5 Å². The Bertz CT molecular complexity index is 286. The molecule has 0 heterocycles. The van der Waals surface area contributed by atoms with Crippen LogP contribution in [0.2, 0.25) is 0 Å². The maximum Gasteiger partial charge on any atom is 0.229 e. The van der Waals surface area contributed by atoms with Gasteiger partial charge in [0.1, 0.15) is 12.8 Å².